The van der Waals surface area contributed by atoms with E-state index in [2.05, 4.69) is 0 Å². The molecule has 0 saturated carbocycles. The predicted molar refractivity (Wildman–Crippen MR) is 86.3 cm³/mol. The van der Waals surface area contributed by atoms with Crippen LogP contribution >= 0.6 is 0 Å². The average Bonchev–Trinajstić information content (AvgIpc) is 2.55. The lowest BCUT2D eigenvalue weighted by Crippen LogP contribution is -2.07. The first kappa shape index (κ1) is 15.5. The van der Waals surface area contributed by atoms with E-state index in [1.807, 2.05) is 30.3 Å². The summed E-state index contributed by atoms with van der Waals surface area (Å²) in [5, 5.41) is 20.9. The van der Waals surface area contributed by atoms with Crippen LogP contribution in [0.15, 0.2) is 51.7 Å². The van der Waals surface area contributed by atoms with Crippen molar-refractivity contribution in [1.82, 2.24) is 0 Å². The number of fused-ring (bicyclic) bond motifs is 1. The van der Waals surface area contributed by atoms with Crippen molar-refractivity contribution in [1.29, 1.82) is 0 Å². The molecule has 0 saturated heterocycles. The van der Waals surface area contributed by atoms with Crippen LogP contribution in [-0.2, 0) is 6.61 Å². The second-order valence-electron chi connectivity index (χ2n) is 5.18. The fourth-order valence-corrected chi connectivity index (χ4v) is 2.41. The first-order valence-electron chi connectivity index (χ1n) is 7.09. The summed E-state index contributed by atoms with van der Waals surface area (Å²) in [4.78, 5) is 21.6. The number of benzene rings is 2. The Bertz CT molecular complexity index is 978. The van der Waals surface area contributed by atoms with Crippen molar-refractivity contribution in [3.05, 3.63) is 74.1 Å². The Kier molecular flexibility index (Phi) is 3.91. The minimum absolute atomic E-state index is 0.0636. The maximum Gasteiger partial charge on any atom is 0.419 e. The second kappa shape index (κ2) is 6.04. The van der Waals surface area contributed by atoms with Gasteiger partial charge in [-0.25, -0.2) is 4.79 Å². The van der Waals surface area contributed by atoms with Crippen LogP contribution in [0.4, 0.5) is 5.69 Å². The zero-order valence-electron chi connectivity index (χ0n) is 12.7. The second-order valence-corrected chi connectivity index (χ2v) is 5.18. The number of aromatic hydroxyl groups is 1. The van der Waals surface area contributed by atoms with Gasteiger partial charge in [0, 0.05) is 5.56 Å². The highest BCUT2D eigenvalue weighted by Gasteiger charge is 2.25. The van der Waals surface area contributed by atoms with E-state index in [4.69, 9.17) is 9.15 Å². The molecule has 0 aliphatic heterocycles. The standard InChI is InChI=1S/C17H13NO6/c1-10-13(23-9-11-5-3-2-4-6-11)8-7-12-15(19)14(18(21)22)17(20)24-16(10)12/h2-8,19H,9H2,1H3. The van der Waals surface area contributed by atoms with Crippen LogP contribution in [0.2, 0.25) is 0 Å². The molecule has 1 aromatic heterocycles. The highest BCUT2D eigenvalue weighted by atomic mass is 16.6. The Balaban J connectivity index is 2.04. The molecule has 122 valence electrons. The van der Waals surface area contributed by atoms with Crippen LogP contribution < -0.4 is 10.4 Å². The number of hydrogen-bond acceptors (Lipinski definition) is 6. The normalized spacial score (nSPS) is 10.7. The third-order valence-corrected chi connectivity index (χ3v) is 3.64. The summed E-state index contributed by atoms with van der Waals surface area (Å²) >= 11 is 0. The quantitative estimate of drug-likeness (QED) is 0.448. The number of nitrogens with zero attached hydrogens (tertiary/aromatic N) is 1. The molecule has 0 bridgehead atoms. The molecule has 0 fully saturated rings. The maximum absolute atomic E-state index is 11.7. The zero-order chi connectivity index (χ0) is 17.3. The first-order valence-corrected chi connectivity index (χ1v) is 7.09. The average molecular weight is 327 g/mol. The molecule has 3 rings (SSSR count). The molecular weight excluding hydrogens is 314 g/mol. The first-order chi connectivity index (χ1) is 11.5. The molecule has 24 heavy (non-hydrogen) atoms. The van der Waals surface area contributed by atoms with Gasteiger partial charge in [-0.3, -0.25) is 10.1 Å². The van der Waals surface area contributed by atoms with Gasteiger partial charge in [0.1, 0.15) is 17.9 Å². The van der Waals surface area contributed by atoms with E-state index in [1.54, 1.807) is 13.0 Å². The third kappa shape index (κ3) is 2.67. The molecule has 0 spiro atoms. The summed E-state index contributed by atoms with van der Waals surface area (Å²) < 4.78 is 10.7. The van der Waals surface area contributed by atoms with E-state index in [0.29, 0.717) is 17.9 Å². The van der Waals surface area contributed by atoms with Gasteiger partial charge in [-0.15, -0.1) is 0 Å². The lowest BCUT2D eigenvalue weighted by atomic mass is 10.1. The number of hydrogen-bond donors (Lipinski definition) is 1. The molecule has 7 nitrogen and oxygen atoms in total. The lowest BCUT2D eigenvalue weighted by molar-refractivity contribution is -0.388. The maximum atomic E-state index is 11.7. The molecule has 0 radical (unpaired) electrons. The van der Waals surface area contributed by atoms with Crippen LogP contribution in [0, 0.1) is 17.0 Å². The van der Waals surface area contributed by atoms with E-state index in [1.165, 1.54) is 6.07 Å². The minimum atomic E-state index is -1.20. The smallest absolute Gasteiger partial charge is 0.419 e. The van der Waals surface area contributed by atoms with Crippen LogP contribution in [0.25, 0.3) is 11.0 Å². The molecule has 0 unspecified atom stereocenters. The van der Waals surface area contributed by atoms with Gasteiger partial charge >= 0.3 is 11.3 Å². The highest BCUT2D eigenvalue weighted by Crippen LogP contribution is 2.35. The van der Waals surface area contributed by atoms with Gasteiger partial charge in [-0.05, 0) is 24.6 Å². The van der Waals surface area contributed by atoms with Crippen LogP contribution in [0.3, 0.4) is 0 Å². The molecule has 2 aromatic carbocycles. The fourth-order valence-electron chi connectivity index (χ4n) is 2.41. The number of ether oxygens (including phenoxy) is 1. The third-order valence-electron chi connectivity index (χ3n) is 3.64. The summed E-state index contributed by atoms with van der Waals surface area (Å²) in [7, 11) is 0. The van der Waals surface area contributed by atoms with E-state index in [0.717, 1.165) is 5.56 Å². The molecule has 1 heterocycles. The van der Waals surface area contributed by atoms with Crippen LogP contribution in [0.1, 0.15) is 11.1 Å². The summed E-state index contributed by atoms with van der Waals surface area (Å²) in [6.07, 6.45) is 0. The van der Waals surface area contributed by atoms with Crippen molar-refractivity contribution >= 4 is 16.7 Å². The molecule has 0 aliphatic rings. The number of rotatable bonds is 4. The Morgan fingerprint density at radius 3 is 2.58 bits per heavy atom. The van der Waals surface area contributed by atoms with Gasteiger partial charge in [0.15, 0.2) is 0 Å². The largest absolute Gasteiger partial charge is 0.501 e. The van der Waals surface area contributed by atoms with Crippen molar-refractivity contribution in [3.8, 4) is 11.5 Å². The molecular formula is C17H13NO6. The highest BCUT2D eigenvalue weighted by molar-refractivity contribution is 5.89. The molecule has 7 heteroatoms. The Morgan fingerprint density at radius 2 is 1.92 bits per heavy atom. The molecule has 1 N–H and O–H groups in total. The van der Waals surface area contributed by atoms with Crippen LogP contribution in [0.5, 0.6) is 11.5 Å². The van der Waals surface area contributed by atoms with Crippen molar-refractivity contribution in [2.24, 2.45) is 0 Å². The van der Waals surface area contributed by atoms with Gasteiger partial charge in [0.2, 0.25) is 5.75 Å². The molecule has 0 amide bonds. The van der Waals surface area contributed by atoms with E-state index < -0.39 is 22.0 Å². The summed E-state index contributed by atoms with van der Waals surface area (Å²) in [6.45, 7) is 1.97. The summed E-state index contributed by atoms with van der Waals surface area (Å²) in [5.41, 5.74) is -0.669. The monoisotopic (exact) mass is 327 g/mol. The molecule has 0 aliphatic carbocycles. The Labute approximate surface area is 135 Å². The zero-order valence-corrected chi connectivity index (χ0v) is 12.7. The summed E-state index contributed by atoms with van der Waals surface area (Å²) in [5.74, 6) is -0.244. The van der Waals surface area contributed by atoms with Gasteiger partial charge in [0.25, 0.3) is 0 Å². The van der Waals surface area contributed by atoms with E-state index >= 15 is 0 Å². The van der Waals surface area contributed by atoms with E-state index in [-0.39, 0.29) is 11.0 Å². The van der Waals surface area contributed by atoms with Gasteiger partial charge in [-0.1, -0.05) is 30.3 Å². The van der Waals surface area contributed by atoms with Crippen molar-refractivity contribution < 1.29 is 19.2 Å². The minimum Gasteiger partial charge on any atom is -0.501 e. The predicted octanol–water partition coefficient (Wildman–Crippen LogP) is 3.29. The molecule has 3 aromatic rings. The fraction of sp³-hybridized carbons (Fsp3) is 0.118. The van der Waals surface area contributed by atoms with Gasteiger partial charge < -0.3 is 14.3 Å². The number of aryl methyl sites for hydroxylation is 1. The number of nitro groups is 1. The summed E-state index contributed by atoms with van der Waals surface area (Å²) in [6, 6.07) is 12.5. The Hall–Kier alpha value is -3.35. The Morgan fingerprint density at radius 1 is 1.21 bits per heavy atom. The van der Waals surface area contributed by atoms with Gasteiger partial charge in [-0.2, -0.15) is 0 Å². The topological polar surface area (TPSA) is 103 Å². The van der Waals surface area contributed by atoms with Crippen LogP contribution in [-0.4, -0.2) is 10.0 Å². The lowest BCUT2D eigenvalue weighted by Gasteiger charge is -2.11. The van der Waals surface area contributed by atoms with Crippen molar-refractivity contribution in [3.63, 3.8) is 0 Å². The van der Waals surface area contributed by atoms with E-state index in [9.17, 15) is 20.0 Å². The van der Waals surface area contributed by atoms with Gasteiger partial charge in [0.05, 0.1) is 10.3 Å². The SMILES string of the molecule is Cc1c(OCc2ccccc2)ccc2c(O)c([N+](=O)[O-])c(=O)oc12. The molecule has 0 atom stereocenters. The van der Waals surface area contributed by atoms with Crippen molar-refractivity contribution in [2.75, 3.05) is 0 Å². The van der Waals surface area contributed by atoms with Crippen molar-refractivity contribution in [2.45, 2.75) is 13.5 Å².